The third-order valence-corrected chi connectivity index (χ3v) is 10.6. The van der Waals surface area contributed by atoms with Crippen LogP contribution in [0.3, 0.4) is 0 Å². The molecule has 0 aliphatic carbocycles. The van der Waals surface area contributed by atoms with Crippen LogP contribution in [0.25, 0.3) is 0 Å². The number of rotatable bonds is 35. The Morgan fingerprint density at radius 1 is 0.392 bits per heavy atom. The monoisotopic (exact) mass is 715 g/mol. The highest BCUT2D eigenvalue weighted by Gasteiger charge is 2.27. The molecule has 1 aromatic rings. The summed E-state index contributed by atoms with van der Waals surface area (Å²) in [6, 6.07) is 1.21. The number of hydrogen-bond acceptors (Lipinski definition) is 3. The first kappa shape index (κ1) is 46.7. The van der Waals surface area contributed by atoms with Gasteiger partial charge in [-0.15, -0.1) is 0 Å². The molecule has 0 amide bonds. The van der Waals surface area contributed by atoms with Gasteiger partial charge in [-0.3, -0.25) is 0 Å². The first-order valence-corrected chi connectivity index (χ1v) is 21.4. The van der Waals surface area contributed by atoms with Crippen LogP contribution in [0.15, 0.2) is 6.07 Å². The predicted molar refractivity (Wildman–Crippen MR) is 214 cm³/mol. The molecule has 0 fully saturated rings. The summed E-state index contributed by atoms with van der Waals surface area (Å²) in [6.45, 7) is 9.18. The Labute approximate surface area is 313 Å². The Morgan fingerprint density at radius 3 is 0.843 bits per heavy atom. The van der Waals surface area contributed by atoms with Crippen LogP contribution in [0.1, 0.15) is 250 Å². The molecule has 6 heteroatoms. The van der Waals surface area contributed by atoms with Gasteiger partial charge in [0.25, 0.3) is 0 Å². The first-order valence-electron chi connectivity index (χ1n) is 21.4. The van der Waals surface area contributed by atoms with E-state index in [1.165, 1.54) is 134 Å². The Hall–Kier alpha value is -2.37. The molecule has 51 heavy (non-hydrogen) atoms. The third-order valence-electron chi connectivity index (χ3n) is 10.6. The van der Waals surface area contributed by atoms with Crippen molar-refractivity contribution in [1.29, 1.82) is 0 Å². The van der Waals surface area contributed by atoms with Gasteiger partial charge >= 0.3 is 17.9 Å². The maximum Gasteiger partial charge on any atom is 0.336 e. The van der Waals surface area contributed by atoms with Crippen LogP contribution in [0.2, 0.25) is 0 Å². The van der Waals surface area contributed by atoms with Gasteiger partial charge in [0, 0.05) is 0 Å². The number of carbonyl (C=O) groups is 3. The lowest BCUT2D eigenvalue weighted by molar-refractivity contribution is 0.0694. The molecule has 0 atom stereocenters. The molecule has 0 aliphatic heterocycles. The van der Waals surface area contributed by atoms with Crippen LogP contribution in [-0.2, 0) is 12.8 Å². The summed E-state index contributed by atoms with van der Waals surface area (Å²) >= 11 is 0. The lowest BCUT2D eigenvalue weighted by Gasteiger charge is -2.17. The van der Waals surface area contributed by atoms with Gasteiger partial charge in [-0.1, -0.05) is 195 Å². The van der Waals surface area contributed by atoms with Gasteiger partial charge in [-0.05, 0) is 54.7 Å². The average molecular weight is 715 g/mol. The number of unbranched alkanes of at least 4 members (excludes halogenated alkanes) is 24. The lowest BCUT2D eigenvalue weighted by Crippen LogP contribution is -2.18. The SMILES string of the molecule is CC(C)CCCCCCCCCCCCCCCc1c(C(=O)O)cc(C(=O)O)c(CCCCCCCCCCCCCCCC(C)C)c1C(=O)O. The maximum atomic E-state index is 12.6. The largest absolute Gasteiger partial charge is 0.478 e. The van der Waals surface area contributed by atoms with E-state index in [1.807, 2.05) is 0 Å². The molecule has 0 saturated heterocycles. The van der Waals surface area contributed by atoms with E-state index < -0.39 is 17.9 Å². The molecule has 1 rings (SSSR count). The number of aromatic carboxylic acids is 3. The zero-order valence-electron chi connectivity index (χ0n) is 33.5. The Bertz CT molecular complexity index is 1000. The zero-order valence-corrected chi connectivity index (χ0v) is 33.5. The zero-order chi connectivity index (χ0) is 37.7. The van der Waals surface area contributed by atoms with Crippen molar-refractivity contribution < 1.29 is 29.7 Å². The summed E-state index contributed by atoms with van der Waals surface area (Å²) < 4.78 is 0. The second-order valence-electron chi connectivity index (χ2n) is 16.3. The van der Waals surface area contributed by atoms with Crippen LogP contribution in [0.5, 0.6) is 0 Å². The number of hydrogen-bond donors (Lipinski definition) is 3. The van der Waals surface area contributed by atoms with E-state index in [1.54, 1.807) is 0 Å². The van der Waals surface area contributed by atoms with Gasteiger partial charge in [0.2, 0.25) is 0 Å². The highest BCUT2D eigenvalue weighted by molar-refractivity contribution is 6.03. The second-order valence-corrected chi connectivity index (χ2v) is 16.3. The minimum Gasteiger partial charge on any atom is -0.478 e. The van der Waals surface area contributed by atoms with E-state index >= 15 is 0 Å². The summed E-state index contributed by atoms with van der Waals surface area (Å²) in [5.74, 6) is -2.12. The van der Waals surface area contributed by atoms with Crippen LogP contribution in [0, 0.1) is 11.8 Å². The fraction of sp³-hybridized carbons (Fsp3) is 0.800. The lowest BCUT2D eigenvalue weighted by atomic mass is 9.86. The molecule has 1 aromatic carbocycles. The Kier molecular flexibility index (Phi) is 27.6. The van der Waals surface area contributed by atoms with Gasteiger partial charge in [0.05, 0.1) is 16.7 Å². The van der Waals surface area contributed by atoms with E-state index in [9.17, 15) is 29.7 Å². The van der Waals surface area contributed by atoms with Crippen molar-refractivity contribution in [3.05, 3.63) is 33.9 Å². The highest BCUT2D eigenvalue weighted by atomic mass is 16.4. The van der Waals surface area contributed by atoms with Crippen LogP contribution < -0.4 is 0 Å². The highest BCUT2D eigenvalue weighted by Crippen LogP contribution is 2.29. The Morgan fingerprint density at radius 2 is 0.627 bits per heavy atom. The van der Waals surface area contributed by atoms with Crippen molar-refractivity contribution in [2.24, 2.45) is 11.8 Å². The van der Waals surface area contributed by atoms with Gasteiger partial charge in [-0.25, -0.2) is 14.4 Å². The minimum absolute atomic E-state index is 0.0906. The number of carboxylic acids is 3. The van der Waals surface area contributed by atoms with Crippen molar-refractivity contribution in [1.82, 2.24) is 0 Å². The predicted octanol–water partition coefficient (Wildman–Crippen LogP) is 14.1. The average Bonchev–Trinajstić information content (AvgIpc) is 3.07. The minimum atomic E-state index is -1.27. The topological polar surface area (TPSA) is 112 Å². The fourth-order valence-electron chi connectivity index (χ4n) is 7.53. The first-order chi connectivity index (χ1) is 24.6. The van der Waals surface area contributed by atoms with E-state index in [0.717, 1.165) is 50.4 Å². The molecular weight excluding hydrogens is 636 g/mol. The van der Waals surface area contributed by atoms with Crippen molar-refractivity contribution >= 4 is 17.9 Å². The van der Waals surface area contributed by atoms with Crippen molar-refractivity contribution in [2.75, 3.05) is 0 Å². The summed E-state index contributed by atoms with van der Waals surface area (Å²) in [4.78, 5) is 36.9. The third kappa shape index (κ3) is 23.0. The van der Waals surface area contributed by atoms with Crippen LogP contribution in [-0.4, -0.2) is 33.2 Å². The van der Waals surface area contributed by atoms with Gasteiger partial charge in [-0.2, -0.15) is 0 Å². The van der Waals surface area contributed by atoms with E-state index in [2.05, 4.69) is 27.7 Å². The smallest absolute Gasteiger partial charge is 0.336 e. The quantitative estimate of drug-likeness (QED) is 0.0603. The molecular formula is C45H78O6. The maximum absolute atomic E-state index is 12.6. The second kappa shape index (κ2) is 30.1. The summed E-state index contributed by atoms with van der Waals surface area (Å²) in [6.07, 6.45) is 34.6. The summed E-state index contributed by atoms with van der Waals surface area (Å²) in [5, 5.41) is 30.1. The summed E-state index contributed by atoms with van der Waals surface area (Å²) in [7, 11) is 0. The van der Waals surface area contributed by atoms with Crippen LogP contribution >= 0.6 is 0 Å². The molecule has 0 heterocycles. The van der Waals surface area contributed by atoms with E-state index in [-0.39, 0.29) is 27.8 Å². The fourth-order valence-corrected chi connectivity index (χ4v) is 7.53. The molecule has 0 unspecified atom stereocenters. The van der Waals surface area contributed by atoms with Gasteiger partial charge in [0.15, 0.2) is 0 Å². The molecule has 0 saturated carbocycles. The van der Waals surface area contributed by atoms with Crippen LogP contribution in [0.4, 0.5) is 0 Å². The normalized spacial score (nSPS) is 11.6. The Balaban J connectivity index is 2.46. The van der Waals surface area contributed by atoms with Crippen molar-refractivity contribution in [2.45, 2.75) is 220 Å². The van der Waals surface area contributed by atoms with E-state index in [4.69, 9.17) is 0 Å². The van der Waals surface area contributed by atoms with Gasteiger partial charge in [0.1, 0.15) is 0 Å². The van der Waals surface area contributed by atoms with Gasteiger partial charge < -0.3 is 15.3 Å². The number of benzene rings is 1. The molecule has 0 aromatic heterocycles. The molecule has 294 valence electrons. The van der Waals surface area contributed by atoms with Crippen molar-refractivity contribution in [3.63, 3.8) is 0 Å². The van der Waals surface area contributed by atoms with E-state index in [0.29, 0.717) is 25.7 Å². The number of carboxylic acid groups (broad SMARTS) is 3. The molecule has 0 bridgehead atoms. The molecule has 6 nitrogen and oxygen atoms in total. The summed E-state index contributed by atoms with van der Waals surface area (Å²) in [5.41, 5.74) is 0.121. The molecule has 0 radical (unpaired) electrons. The molecule has 0 aliphatic rings. The molecule has 0 spiro atoms. The van der Waals surface area contributed by atoms with Crippen molar-refractivity contribution in [3.8, 4) is 0 Å². The standard InChI is InChI=1S/C45H78O6/c1-36(2)31-27-23-19-15-11-7-5-9-13-17-21-25-29-33-38-40(43(46)47)35-41(44(48)49)39(42(38)45(50)51)34-30-26-22-18-14-10-6-8-12-16-20-24-28-32-37(3)4/h35-37H,5-34H2,1-4H3,(H,46,47)(H,48,49)(H,50,51). The molecule has 3 N–H and O–H groups in total.